The molecule has 0 aromatic heterocycles. The highest BCUT2D eigenvalue weighted by Gasteiger charge is 2.01. The Morgan fingerprint density at radius 3 is 1.52 bits per heavy atom. The van der Waals surface area contributed by atoms with E-state index in [9.17, 15) is 0 Å². The predicted molar refractivity (Wildman–Crippen MR) is 123 cm³/mol. The summed E-state index contributed by atoms with van der Waals surface area (Å²) >= 11 is 0. The molecular formula is C27H14N2O2. The molecule has 0 aliphatic rings. The second kappa shape index (κ2) is 12.9. The first-order valence-electron chi connectivity index (χ1n) is 8.70. The van der Waals surface area contributed by atoms with E-state index >= 15 is 0 Å². The van der Waals surface area contributed by atoms with Gasteiger partial charge in [-0.2, -0.15) is 0 Å². The monoisotopic (exact) mass is 398 g/mol. The maximum absolute atomic E-state index is 5.75. The van der Waals surface area contributed by atoms with Crippen LogP contribution in [-0.2, 0) is 0 Å². The summed E-state index contributed by atoms with van der Waals surface area (Å²) in [7, 11) is 0. The van der Waals surface area contributed by atoms with Crippen LogP contribution in [0.25, 0.3) is 0 Å². The largest absolute Gasteiger partial charge is 0.457 e. The van der Waals surface area contributed by atoms with Gasteiger partial charge in [0.2, 0.25) is 0 Å². The van der Waals surface area contributed by atoms with Crippen molar-refractivity contribution in [1.29, 1.82) is 0 Å². The fraction of sp³-hybridized carbons (Fsp3) is 0.0370. The Balaban J connectivity index is 1.83. The predicted octanol–water partition coefficient (Wildman–Crippen LogP) is 3.02. The molecule has 0 amide bonds. The van der Waals surface area contributed by atoms with E-state index in [1.54, 1.807) is 49.4 Å². The van der Waals surface area contributed by atoms with Gasteiger partial charge in [-0.25, -0.2) is 0 Å². The molecular weight excluding hydrogens is 384 g/mol. The van der Waals surface area contributed by atoms with Gasteiger partial charge in [0.05, 0.1) is 0 Å². The van der Waals surface area contributed by atoms with Crippen LogP contribution in [0.1, 0.15) is 6.92 Å². The molecule has 4 nitrogen and oxygen atoms in total. The van der Waals surface area contributed by atoms with Crippen LogP contribution in [0.3, 0.4) is 0 Å². The lowest BCUT2D eigenvalue weighted by Crippen LogP contribution is -1.92. The van der Waals surface area contributed by atoms with Crippen LogP contribution in [0.15, 0.2) is 42.5 Å². The molecule has 4 N–H and O–H groups in total. The van der Waals surface area contributed by atoms with E-state index in [0.717, 1.165) is 0 Å². The van der Waals surface area contributed by atoms with Crippen molar-refractivity contribution in [3.8, 4) is 100 Å². The van der Waals surface area contributed by atoms with E-state index in [1.165, 1.54) is 0 Å². The minimum atomic E-state index is 0.528. The van der Waals surface area contributed by atoms with Crippen LogP contribution in [0.5, 0.6) is 17.2 Å². The summed E-state index contributed by atoms with van der Waals surface area (Å²) in [6.45, 7) is 1.70. The van der Waals surface area contributed by atoms with Crippen LogP contribution in [-0.4, -0.2) is 0 Å². The molecule has 2 aromatic rings. The first kappa shape index (κ1) is 21.9. The zero-order valence-corrected chi connectivity index (χ0v) is 16.5. The molecule has 2 aromatic carbocycles. The quantitative estimate of drug-likeness (QED) is 0.616. The third-order valence-electron chi connectivity index (χ3n) is 3.04. The number of nitrogen functional groups attached to an aromatic ring is 2. The van der Waals surface area contributed by atoms with E-state index in [2.05, 4.69) is 83.1 Å². The van der Waals surface area contributed by atoms with Crippen LogP contribution in [0, 0.1) is 83.1 Å². The van der Waals surface area contributed by atoms with Crippen molar-refractivity contribution in [2.45, 2.75) is 6.92 Å². The maximum Gasteiger partial charge on any atom is 0.140 e. The molecule has 0 saturated carbocycles. The minimum Gasteiger partial charge on any atom is -0.457 e. The van der Waals surface area contributed by atoms with Crippen LogP contribution >= 0.6 is 0 Å². The average Bonchev–Trinajstić information content (AvgIpc) is 2.74. The van der Waals surface area contributed by atoms with Crippen molar-refractivity contribution in [2.75, 3.05) is 11.5 Å². The zero-order chi connectivity index (χ0) is 22.2. The number of ether oxygens (including phenoxy) is 2. The molecule has 144 valence electrons. The van der Waals surface area contributed by atoms with Gasteiger partial charge in [-0.3, -0.25) is 0 Å². The normalized spacial score (nSPS) is 7.26. The first-order chi connectivity index (χ1) is 15.2. The number of benzene rings is 2. The lowest BCUT2D eigenvalue weighted by atomic mass is 10.2. The van der Waals surface area contributed by atoms with E-state index in [-0.39, 0.29) is 0 Å². The molecule has 0 unspecified atom stereocenters. The number of rotatable bonds is 3. The third-order valence-corrected chi connectivity index (χ3v) is 3.04. The fourth-order valence-corrected chi connectivity index (χ4v) is 1.90. The lowest BCUT2D eigenvalue weighted by molar-refractivity contribution is 0.479. The van der Waals surface area contributed by atoms with Gasteiger partial charge < -0.3 is 20.9 Å². The molecule has 0 heterocycles. The highest BCUT2D eigenvalue weighted by Crippen LogP contribution is 2.27. The van der Waals surface area contributed by atoms with Gasteiger partial charge in [-0.1, -0.05) is 5.92 Å². The molecule has 0 spiro atoms. The molecule has 4 heteroatoms. The lowest BCUT2D eigenvalue weighted by Gasteiger charge is -2.07. The molecule has 0 aliphatic heterocycles. The van der Waals surface area contributed by atoms with E-state index < -0.39 is 0 Å². The Hall–Kier alpha value is -5.44. The molecule has 0 radical (unpaired) electrons. The summed E-state index contributed by atoms with van der Waals surface area (Å²) < 4.78 is 11.0. The SMILES string of the molecule is CC#CC#CC#CC#CC#CC#CC#COc1ccc(Oc2cc(N)cc(N)c2)cc1. The highest BCUT2D eigenvalue weighted by molar-refractivity contribution is 5.57. The minimum absolute atomic E-state index is 0.528. The van der Waals surface area contributed by atoms with E-state index in [1.807, 2.05) is 0 Å². The number of nitrogens with two attached hydrogens (primary N) is 2. The Morgan fingerprint density at radius 1 is 0.548 bits per heavy atom. The van der Waals surface area contributed by atoms with Crippen molar-refractivity contribution >= 4 is 11.4 Å². The molecule has 0 saturated heterocycles. The van der Waals surface area contributed by atoms with Gasteiger partial charge >= 0.3 is 0 Å². The molecule has 0 bridgehead atoms. The average molecular weight is 398 g/mol. The summed E-state index contributed by atoms with van der Waals surface area (Å²) in [5.74, 6) is 34.7. The van der Waals surface area contributed by atoms with Crippen molar-refractivity contribution < 1.29 is 9.47 Å². The van der Waals surface area contributed by atoms with Crippen molar-refractivity contribution in [1.82, 2.24) is 0 Å². The summed E-state index contributed by atoms with van der Waals surface area (Å²) in [5, 5.41) is 0. The van der Waals surface area contributed by atoms with Gasteiger partial charge in [-0.05, 0) is 72.8 Å². The Morgan fingerprint density at radius 2 is 1.00 bits per heavy atom. The van der Waals surface area contributed by atoms with Crippen LogP contribution in [0.2, 0.25) is 0 Å². The smallest absolute Gasteiger partial charge is 0.140 e. The molecule has 31 heavy (non-hydrogen) atoms. The van der Waals surface area contributed by atoms with Crippen molar-refractivity contribution in [3.63, 3.8) is 0 Å². The topological polar surface area (TPSA) is 70.5 Å². The highest BCUT2D eigenvalue weighted by atomic mass is 16.5. The van der Waals surface area contributed by atoms with Gasteiger partial charge in [0.25, 0.3) is 0 Å². The van der Waals surface area contributed by atoms with Crippen LogP contribution < -0.4 is 20.9 Å². The van der Waals surface area contributed by atoms with E-state index in [4.69, 9.17) is 20.9 Å². The summed E-state index contributed by atoms with van der Waals surface area (Å²) in [4.78, 5) is 0. The van der Waals surface area contributed by atoms with Gasteiger partial charge in [0, 0.05) is 59.0 Å². The Kier molecular flexibility index (Phi) is 9.07. The summed E-state index contributed by atoms with van der Waals surface area (Å²) in [6, 6.07) is 11.9. The van der Waals surface area contributed by atoms with Crippen molar-refractivity contribution in [2.24, 2.45) is 0 Å². The van der Waals surface area contributed by atoms with Crippen molar-refractivity contribution in [3.05, 3.63) is 42.5 Å². The molecule has 0 atom stereocenters. The Labute approximate surface area is 182 Å². The molecule has 2 rings (SSSR count). The third kappa shape index (κ3) is 9.35. The molecule has 0 fully saturated rings. The second-order valence-corrected chi connectivity index (χ2v) is 5.36. The number of hydrogen-bond acceptors (Lipinski definition) is 4. The zero-order valence-electron chi connectivity index (χ0n) is 16.5. The van der Waals surface area contributed by atoms with E-state index in [0.29, 0.717) is 28.6 Å². The van der Waals surface area contributed by atoms with Gasteiger partial charge in [0.15, 0.2) is 0 Å². The maximum atomic E-state index is 5.75. The standard InChI is InChI=1S/C27H14N2O2/c1-2-3-4-5-6-7-8-9-10-11-12-13-14-19-30-25-15-17-26(18-16-25)31-27-21-23(28)20-24(29)22-27/h15-18,20-22H,28-29H2,1H3. The number of hydrogen-bond donors (Lipinski definition) is 2. The van der Waals surface area contributed by atoms with Gasteiger partial charge in [-0.15, -0.1) is 0 Å². The van der Waals surface area contributed by atoms with Gasteiger partial charge in [0.1, 0.15) is 23.4 Å². The first-order valence-corrected chi connectivity index (χ1v) is 8.70. The molecule has 0 aliphatic carbocycles. The second-order valence-electron chi connectivity index (χ2n) is 5.36. The Bertz CT molecular complexity index is 1370. The fourth-order valence-electron chi connectivity index (χ4n) is 1.90. The van der Waals surface area contributed by atoms with Crippen LogP contribution in [0.4, 0.5) is 11.4 Å². The summed E-state index contributed by atoms with van der Waals surface area (Å²) in [5.41, 5.74) is 12.5. The number of anilines is 2. The summed E-state index contributed by atoms with van der Waals surface area (Å²) in [6.07, 6.45) is 2.47.